The second kappa shape index (κ2) is 8.04. The van der Waals surface area contributed by atoms with Crippen molar-refractivity contribution >= 4 is 38.9 Å². The Morgan fingerprint density at radius 2 is 1.86 bits per heavy atom. The van der Waals surface area contributed by atoms with E-state index in [2.05, 4.69) is 57.1 Å². The van der Waals surface area contributed by atoms with E-state index in [4.69, 9.17) is 0 Å². The summed E-state index contributed by atoms with van der Waals surface area (Å²) < 4.78 is 4.23. The van der Waals surface area contributed by atoms with Gasteiger partial charge >= 0.3 is 5.69 Å². The maximum absolute atomic E-state index is 12.6. The quantitative estimate of drug-likeness (QED) is 0.449. The van der Waals surface area contributed by atoms with Crippen molar-refractivity contribution in [1.82, 2.24) is 19.1 Å². The molecule has 0 aliphatic rings. The first-order chi connectivity index (χ1) is 13.9. The minimum absolute atomic E-state index is 0.389. The molecule has 8 heteroatoms. The number of benzene rings is 2. The van der Waals surface area contributed by atoms with E-state index in [0.717, 1.165) is 10.0 Å². The molecule has 1 N–H and O–H groups in total. The second-order valence-corrected chi connectivity index (χ2v) is 8.73. The van der Waals surface area contributed by atoms with E-state index in [9.17, 15) is 9.59 Å². The molecule has 0 aliphatic carbocycles. The van der Waals surface area contributed by atoms with Gasteiger partial charge in [0.2, 0.25) is 0 Å². The van der Waals surface area contributed by atoms with E-state index in [1.807, 2.05) is 28.8 Å². The molecule has 0 fully saturated rings. The number of aromatic amines is 1. The molecule has 6 nitrogen and oxygen atoms in total. The minimum Gasteiger partial charge on any atom is -0.309 e. The van der Waals surface area contributed by atoms with Crippen molar-refractivity contribution in [3.8, 4) is 0 Å². The molecule has 148 valence electrons. The molecule has 2 aromatic heterocycles. The van der Waals surface area contributed by atoms with E-state index < -0.39 is 11.2 Å². The number of aryl methyl sites for hydroxylation is 2. The smallest absolute Gasteiger partial charge is 0.309 e. The molecule has 0 radical (unpaired) electrons. The van der Waals surface area contributed by atoms with Crippen LogP contribution in [-0.2, 0) is 19.3 Å². The molecule has 0 saturated heterocycles. The average Bonchev–Trinajstić information content (AvgIpc) is 3.05. The predicted molar refractivity (Wildman–Crippen MR) is 120 cm³/mol. The highest BCUT2D eigenvalue weighted by Gasteiger charge is 2.18. The lowest BCUT2D eigenvalue weighted by molar-refractivity contribution is 0.727. The first kappa shape index (κ1) is 19.7. The average molecular weight is 471 g/mol. The fraction of sp³-hybridized carbons (Fsp3) is 0.190. The summed E-state index contributed by atoms with van der Waals surface area (Å²) in [6.07, 6.45) is 0. The number of aromatic nitrogens is 4. The molecule has 0 atom stereocenters. The number of rotatable bonds is 5. The van der Waals surface area contributed by atoms with E-state index in [1.54, 1.807) is 18.8 Å². The third-order valence-corrected chi connectivity index (χ3v) is 6.23. The lowest BCUT2D eigenvalue weighted by atomic mass is 10.2. The van der Waals surface area contributed by atoms with Crippen molar-refractivity contribution in [3.05, 3.63) is 90.5 Å². The molecular weight excluding hydrogens is 452 g/mol. The van der Waals surface area contributed by atoms with Gasteiger partial charge in [0, 0.05) is 17.3 Å². The normalized spacial score (nSPS) is 11.3. The molecule has 0 spiro atoms. The summed E-state index contributed by atoms with van der Waals surface area (Å²) in [5.41, 5.74) is 3.31. The Bertz CT molecular complexity index is 1310. The summed E-state index contributed by atoms with van der Waals surface area (Å²) in [6.45, 7) is 2.54. The van der Waals surface area contributed by atoms with Crippen LogP contribution >= 0.6 is 27.7 Å². The van der Waals surface area contributed by atoms with Crippen molar-refractivity contribution in [2.24, 2.45) is 7.05 Å². The fourth-order valence-electron chi connectivity index (χ4n) is 3.12. The number of H-pyrrole nitrogens is 1. The van der Waals surface area contributed by atoms with Gasteiger partial charge < -0.3 is 4.57 Å². The molecular formula is C21H19BrN4O2S. The van der Waals surface area contributed by atoms with Gasteiger partial charge in [-0.3, -0.25) is 14.3 Å². The number of hydrogen-bond acceptors (Lipinski definition) is 4. The third-order valence-electron chi connectivity index (χ3n) is 4.69. The van der Waals surface area contributed by atoms with Gasteiger partial charge in [-0.25, -0.2) is 9.78 Å². The summed E-state index contributed by atoms with van der Waals surface area (Å²) in [5.74, 6) is 0.716. The Morgan fingerprint density at radius 3 is 2.59 bits per heavy atom. The van der Waals surface area contributed by atoms with Gasteiger partial charge in [-0.2, -0.15) is 0 Å². The van der Waals surface area contributed by atoms with Gasteiger partial charge in [-0.1, -0.05) is 69.7 Å². The molecule has 4 rings (SSSR count). The Labute approximate surface area is 179 Å². The predicted octanol–water partition coefficient (Wildman–Crippen LogP) is 3.83. The summed E-state index contributed by atoms with van der Waals surface area (Å²) >= 11 is 5.04. The van der Waals surface area contributed by atoms with E-state index >= 15 is 0 Å². The zero-order valence-corrected chi connectivity index (χ0v) is 18.4. The Hall–Kier alpha value is -2.58. The van der Waals surface area contributed by atoms with Gasteiger partial charge in [0.15, 0.2) is 16.3 Å². The third kappa shape index (κ3) is 4.09. The highest BCUT2D eigenvalue weighted by Crippen LogP contribution is 2.26. The highest BCUT2D eigenvalue weighted by atomic mass is 79.9. The molecule has 0 aliphatic heterocycles. The summed E-state index contributed by atoms with van der Waals surface area (Å²) in [5, 5.41) is 0.701. The maximum atomic E-state index is 12.6. The van der Waals surface area contributed by atoms with Gasteiger partial charge in [-0.05, 0) is 30.2 Å². The summed E-state index contributed by atoms with van der Waals surface area (Å²) in [4.78, 5) is 31.7. The Kier molecular flexibility index (Phi) is 5.47. The van der Waals surface area contributed by atoms with Crippen molar-refractivity contribution in [3.63, 3.8) is 0 Å². The van der Waals surface area contributed by atoms with E-state index in [-0.39, 0.29) is 0 Å². The zero-order valence-electron chi connectivity index (χ0n) is 16.0. The van der Waals surface area contributed by atoms with Crippen LogP contribution in [0, 0.1) is 6.92 Å². The van der Waals surface area contributed by atoms with Crippen LogP contribution < -0.4 is 11.2 Å². The number of nitrogens with one attached hydrogen (secondary N) is 1. The number of nitrogens with zero attached hydrogens (tertiary/aromatic N) is 3. The number of thioether (sulfide) groups is 1. The van der Waals surface area contributed by atoms with Gasteiger partial charge in [0.1, 0.15) is 0 Å². The van der Waals surface area contributed by atoms with Crippen molar-refractivity contribution < 1.29 is 0 Å². The monoisotopic (exact) mass is 470 g/mol. The zero-order chi connectivity index (χ0) is 20.5. The van der Waals surface area contributed by atoms with Crippen LogP contribution in [0.4, 0.5) is 0 Å². The summed E-state index contributed by atoms with van der Waals surface area (Å²) in [6, 6.07) is 16.3. The van der Waals surface area contributed by atoms with Crippen LogP contribution in [-0.4, -0.2) is 19.1 Å². The first-order valence-corrected chi connectivity index (χ1v) is 10.8. The molecule has 2 heterocycles. The molecule has 0 saturated carbocycles. The molecule has 0 amide bonds. The van der Waals surface area contributed by atoms with E-state index in [0.29, 0.717) is 28.6 Å². The van der Waals surface area contributed by atoms with Gasteiger partial charge in [-0.15, -0.1) is 0 Å². The molecule has 0 unspecified atom stereocenters. The Morgan fingerprint density at radius 1 is 1.10 bits per heavy atom. The lowest BCUT2D eigenvalue weighted by Crippen LogP contribution is -2.29. The fourth-order valence-corrected chi connectivity index (χ4v) is 4.52. The van der Waals surface area contributed by atoms with Gasteiger partial charge in [0.05, 0.1) is 6.54 Å². The van der Waals surface area contributed by atoms with Crippen LogP contribution in [0.3, 0.4) is 0 Å². The number of halogens is 1. The first-order valence-electron chi connectivity index (χ1n) is 9.04. The SMILES string of the molecule is Cc1ccc(CSc2nc3c(c(=O)[nH]c(=O)n3C)n2Cc2cccc(Br)c2)cc1. The summed E-state index contributed by atoms with van der Waals surface area (Å²) in [7, 11) is 1.62. The molecule has 2 aromatic carbocycles. The largest absolute Gasteiger partial charge is 0.329 e. The molecule has 29 heavy (non-hydrogen) atoms. The maximum Gasteiger partial charge on any atom is 0.329 e. The number of imidazole rings is 1. The molecule has 4 aromatic rings. The van der Waals surface area contributed by atoms with Crippen LogP contribution in [0.2, 0.25) is 0 Å². The number of hydrogen-bond donors (Lipinski definition) is 1. The van der Waals surface area contributed by atoms with Crippen LogP contribution in [0.15, 0.2) is 67.7 Å². The standard InChI is InChI=1S/C21H19BrN4O2S/c1-13-6-8-14(9-7-13)12-29-21-23-18-17(19(27)24-20(28)25(18)2)26(21)11-15-4-3-5-16(22)10-15/h3-10H,11-12H2,1-2H3,(H,24,27,28). The Balaban J connectivity index is 1.80. The topological polar surface area (TPSA) is 72.7 Å². The lowest BCUT2D eigenvalue weighted by Gasteiger charge is -2.09. The minimum atomic E-state index is -0.468. The highest BCUT2D eigenvalue weighted by molar-refractivity contribution is 9.10. The second-order valence-electron chi connectivity index (χ2n) is 6.88. The van der Waals surface area contributed by atoms with Crippen molar-refractivity contribution in [2.75, 3.05) is 0 Å². The van der Waals surface area contributed by atoms with Crippen LogP contribution in [0.5, 0.6) is 0 Å². The molecule has 0 bridgehead atoms. The number of fused-ring (bicyclic) bond motifs is 1. The van der Waals surface area contributed by atoms with E-state index in [1.165, 1.54) is 15.7 Å². The van der Waals surface area contributed by atoms with Gasteiger partial charge in [0.25, 0.3) is 5.56 Å². The van der Waals surface area contributed by atoms with Crippen molar-refractivity contribution in [1.29, 1.82) is 0 Å². The van der Waals surface area contributed by atoms with Crippen molar-refractivity contribution in [2.45, 2.75) is 24.4 Å². The van der Waals surface area contributed by atoms with Crippen LogP contribution in [0.25, 0.3) is 11.2 Å². The van der Waals surface area contributed by atoms with Crippen LogP contribution in [0.1, 0.15) is 16.7 Å².